The number of nitrogens with one attached hydrogen (secondary N) is 1. The van der Waals surface area contributed by atoms with Gasteiger partial charge in [-0.05, 0) is 48.7 Å². The van der Waals surface area contributed by atoms with Crippen molar-refractivity contribution in [2.24, 2.45) is 0 Å². The van der Waals surface area contributed by atoms with Crippen molar-refractivity contribution in [1.82, 2.24) is 0 Å². The van der Waals surface area contributed by atoms with Crippen LogP contribution in [0.1, 0.15) is 22.3 Å². The first kappa shape index (κ1) is 13.6. The molecule has 0 fully saturated rings. The molecule has 2 rings (SSSR count). The second-order valence-electron chi connectivity index (χ2n) is 4.57. The first-order valence-electron chi connectivity index (χ1n) is 6.10. The molecule has 19 heavy (non-hydrogen) atoms. The van der Waals surface area contributed by atoms with Crippen LogP contribution < -0.4 is 5.32 Å². The molecule has 0 amide bonds. The highest BCUT2D eigenvalue weighted by molar-refractivity contribution is 9.10. The lowest BCUT2D eigenvalue weighted by Gasteiger charge is -2.10. The molecule has 0 aliphatic rings. The molecule has 0 saturated heterocycles. The number of rotatable bonds is 3. The summed E-state index contributed by atoms with van der Waals surface area (Å²) in [6.07, 6.45) is 0. The van der Waals surface area contributed by atoms with Gasteiger partial charge in [0.25, 0.3) is 0 Å². The van der Waals surface area contributed by atoms with Gasteiger partial charge in [0, 0.05) is 11.0 Å². The molecule has 2 aromatic rings. The monoisotopic (exact) mass is 314 g/mol. The molecule has 0 aliphatic heterocycles. The molecular formula is C16H15BrN2. The summed E-state index contributed by atoms with van der Waals surface area (Å²) < 4.78 is 0.967. The summed E-state index contributed by atoms with van der Waals surface area (Å²) in [6.45, 7) is 4.93. The van der Waals surface area contributed by atoms with Gasteiger partial charge < -0.3 is 5.32 Å². The molecular weight excluding hydrogens is 300 g/mol. The number of nitriles is 1. The van der Waals surface area contributed by atoms with Crippen LogP contribution in [-0.4, -0.2) is 0 Å². The van der Waals surface area contributed by atoms with Gasteiger partial charge in [0.05, 0.1) is 11.3 Å². The van der Waals surface area contributed by atoms with Gasteiger partial charge in [-0.25, -0.2) is 0 Å². The Balaban J connectivity index is 2.16. The van der Waals surface area contributed by atoms with Crippen LogP contribution in [-0.2, 0) is 6.54 Å². The van der Waals surface area contributed by atoms with E-state index in [4.69, 9.17) is 5.26 Å². The van der Waals surface area contributed by atoms with Gasteiger partial charge in [-0.15, -0.1) is 0 Å². The van der Waals surface area contributed by atoms with Crippen molar-refractivity contribution in [3.8, 4) is 6.07 Å². The van der Waals surface area contributed by atoms with Crippen LogP contribution in [0.5, 0.6) is 0 Å². The van der Waals surface area contributed by atoms with Gasteiger partial charge in [0.2, 0.25) is 0 Å². The maximum absolute atomic E-state index is 9.08. The number of hydrogen-bond donors (Lipinski definition) is 1. The summed E-state index contributed by atoms with van der Waals surface area (Å²) >= 11 is 3.42. The molecule has 0 aliphatic carbocycles. The van der Waals surface area contributed by atoms with Crippen LogP contribution in [0.2, 0.25) is 0 Å². The number of halogens is 1. The molecule has 0 atom stereocenters. The SMILES string of the molecule is Cc1ccc(CNc2cc(Br)ccc2C#N)cc1C. The largest absolute Gasteiger partial charge is 0.380 e. The Bertz CT molecular complexity index is 642. The lowest BCUT2D eigenvalue weighted by Crippen LogP contribution is -2.02. The summed E-state index contributed by atoms with van der Waals surface area (Å²) in [7, 11) is 0. The summed E-state index contributed by atoms with van der Waals surface area (Å²) in [6, 6.07) is 14.2. The molecule has 2 nitrogen and oxygen atoms in total. The second kappa shape index (κ2) is 5.90. The molecule has 0 spiro atoms. The summed E-state index contributed by atoms with van der Waals surface area (Å²) in [5.41, 5.74) is 5.31. The van der Waals surface area contributed by atoms with Crippen molar-refractivity contribution < 1.29 is 0 Å². The fraction of sp³-hybridized carbons (Fsp3) is 0.188. The highest BCUT2D eigenvalue weighted by Crippen LogP contribution is 2.21. The third kappa shape index (κ3) is 3.36. The third-order valence-corrected chi connectivity index (χ3v) is 3.65. The Kier molecular flexibility index (Phi) is 4.24. The zero-order chi connectivity index (χ0) is 13.8. The Hall–Kier alpha value is -1.79. The Morgan fingerprint density at radius 2 is 1.89 bits per heavy atom. The molecule has 0 bridgehead atoms. The molecule has 0 saturated carbocycles. The van der Waals surface area contributed by atoms with Gasteiger partial charge in [-0.3, -0.25) is 0 Å². The quantitative estimate of drug-likeness (QED) is 0.902. The predicted molar refractivity (Wildman–Crippen MR) is 82.1 cm³/mol. The van der Waals surface area contributed by atoms with E-state index in [0.717, 1.165) is 10.2 Å². The minimum absolute atomic E-state index is 0.659. The Morgan fingerprint density at radius 1 is 1.11 bits per heavy atom. The predicted octanol–water partition coefficient (Wildman–Crippen LogP) is 4.55. The van der Waals surface area contributed by atoms with Crippen molar-refractivity contribution >= 4 is 21.6 Å². The fourth-order valence-corrected chi connectivity index (χ4v) is 2.23. The second-order valence-corrected chi connectivity index (χ2v) is 5.49. The van der Waals surface area contributed by atoms with Crippen molar-refractivity contribution in [2.75, 3.05) is 5.32 Å². The minimum atomic E-state index is 0.659. The molecule has 96 valence electrons. The highest BCUT2D eigenvalue weighted by atomic mass is 79.9. The Morgan fingerprint density at radius 3 is 2.58 bits per heavy atom. The average Bonchev–Trinajstić information content (AvgIpc) is 2.40. The average molecular weight is 315 g/mol. The van der Waals surface area contributed by atoms with E-state index < -0.39 is 0 Å². The van der Waals surface area contributed by atoms with Crippen LogP contribution in [0.3, 0.4) is 0 Å². The van der Waals surface area contributed by atoms with Crippen LogP contribution in [0.15, 0.2) is 40.9 Å². The van der Waals surface area contributed by atoms with E-state index in [-0.39, 0.29) is 0 Å². The number of benzene rings is 2. The van der Waals surface area contributed by atoms with Crippen molar-refractivity contribution in [3.63, 3.8) is 0 Å². The van der Waals surface area contributed by atoms with E-state index in [1.165, 1.54) is 16.7 Å². The molecule has 0 aromatic heterocycles. The van der Waals surface area contributed by atoms with Crippen LogP contribution >= 0.6 is 15.9 Å². The first-order chi connectivity index (χ1) is 9.10. The van der Waals surface area contributed by atoms with E-state index in [9.17, 15) is 0 Å². The standard InChI is InChI=1S/C16H15BrN2/c1-11-3-4-13(7-12(11)2)10-19-16-8-15(17)6-5-14(16)9-18/h3-8,19H,10H2,1-2H3. The first-order valence-corrected chi connectivity index (χ1v) is 6.89. The maximum atomic E-state index is 9.08. The third-order valence-electron chi connectivity index (χ3n) is 3.16. The van der Waals surface area contributed by atoms with Crippen molar-refractivity contribution in [1.29, 1.82) is 5.26 Å². The molecule has 0 unspecified atom stereocenters. The molecule has 0 radical (unpaired) electrons. The summed E-state index contributed by atoms with van der Waals surface area (Å²) in [4.78, 5) is 0. The minimum Gasteiger partial charge on any atom is -0.380 e. The molecule has 3 heteroatoms. The van der Waals surface area contributed by atoms with Gasteiger partial charge >= 0.3 is 0 Å². The zero-order valence-electron chi connectivity index (χ0n) is 11.0. The van der Waals surface area contributed by atoms with E-state index in [1.54, 1.807) is 0 Å². The lowest BCUT2D eigenvalue weighted by atomic mass is 10.1. The smallest absolute Gasteiger partial charge is 0.101 e. The van der Waals surface area contributed by atoms with E-state index >= 15 is 0 Å². The van der Waals surface area contributed by atoms with Crippen LogP contribution in [0.25, 0.3) is 0 Å². The summed E-state index contributed by atoms with van der Waals surface area (Å²) in [5.74, 6) is 0. The topological polar surface area (TPSA) is 35.8 Å². The van der Waals surface area contributed by atoms with Gasteiger partial charge in [0.1, 0.15) is 6.07 Å². The number of hydrogen-bond acceptors (Lipinski definition) is 2. The van der Waals surface area contributed by atoms with Gasteiger partial charge in [0.15, 0.2) is 0 Å². The number of nitrogens with zero attached hydrogens (tertiary/aromatic N) is 1. The van der Waals surface area contributed by atoms with Crippen LogP contribution in [0, 0.1) is 25.2 Å². The summed E-state index contributed by atoms with van der Waals surface area (Å²) in [5, 5.41) is 12.4. The van der Waals surface area contributed by atoms with E-state index in [1.807, 2.05) is 18.2 Å². The Labute approximate surface area is 122 Å². The maximum Gasteiger partial charge on any atom is 0.101 e. The number of aryl methyl sites for hydroxylation is 2. The van der Waals surface area contributed by atoms with Crippen molar-refractivity contribution in [2.45, 2.75) is 20.4 Å². The number of anilines is 1. The van der Waals surface area contributed by atoms with Crippen LogP contribution in [0.4, 0.5) is 5.69 Å². The van der Waals surface area contributed by atoms with Crippen molar-refractivity contribution in [3.05, 3.63) is 63.1 Å². The van der Waals surface area contributed by atoms with Gasteiger partial charge in [-0.1, -0.05) is 34.1 Å². The molecule has 2 aromatic carbocycles. The molecule has 1 N–H and O–H groups in total. The normalized spacial score (nSPS) is 10.0. The highest BCUT2D eigenvalue weighted by Gasteiger charge is 2.03. The van der Waals surface area contributed by atoms with E-state index in [2.05, 4.69) is 59.4 Å². The lowest BCUT2D eigenvalue weighted by molar-refractivity contribution is 1.13. The van der Waals surface area contributed by atoms with E-state index in [0.29, 0.717) is 12.1 Å². The van der Waals surface area contributed by atoms with Gasteiger partial charge in [-0.2, -0.15) is 5.26 Å². The fourth-order valence-electron chi connectivity index (χ4n) is 1.87. The zero-order valence-corrected chi connectivity index (χ0v) is 12.6. The molecule has 0 heterocycles.